The van der Waals surface area contributed by atoms with E-state index in [1.807, 2.05) is 42.1 Å². The van der Waals surface area contributed by atoms with Crippen LogP contribution in [-0.2, 0) is 18.5 Å². The Hall–Kier alpha value is -2.14. The van der Waals surface area contributed by atoms with Crippen molar-refractivity contribution < 1.29 is 9.90 Å². The van der Waals surface area contributed by atoms with Gasteiger partial charge in [0.05, 0.1) is 12.8 Å². The van der Waals surface area contributed by atoms with E-state index < -0.39 is 0 Å². The molecule has 0 aliphatic heterocycles. The zero-order chi connectivity index (χ0) is 17.7. The molecule has 0 fully saturated rings. The molecule has 5 heteroatoms. The van der Waals surface area contributed by atoms with Crippen molar-refractivity contribution in [3.05, 3.63) is 53.3 Å². The molecule has 2 rings (SSSR count). The molecule has 0 unspecified atom stereocenters. The van der Waals surface area contributed by atoms with Gasteiger partial charge < -0.3 is 10.0 Å². The number of aryl methyl sites for hydroxylation is 1. The monoisotopic (exact) mass is 329 g/mol. The minimum absolute atomic E-state index is 0.0566. The Morgan fingerprint density at radius 2 is 2.00 bits per heavy atom. The molecule has 0 spiro atoms. The van der Waals surface area contributed by atoms with Crippen molar-refractivity contribution in [3.63, 3.8) is 0 Å². The topological polar surface area (TPSA) is 58.4 Å². The fraction of sp³-hybridized carbons (Fsp3) is 0.474. The number of aliphatic hydroxyl groups excluding tert-OH is 1. The molecule has 0 saturated carbocycles. The first kappa shape index (κ1) is 18.2. The normalized spacial score (nSPS) is 11.5. The van der Waals surface area contributed by atoms with Crippen molar-refractivity contribution in [1.82, 2.24) is 14.7 Å². The fourth-order valence-electron chi connectivity index (χ4n) is 2.75. The van der Waals surface area contributed by atoms with Crippen LogP contribution >= 0.6 is 0 Å². The van der Waals surface area contributed by atoms with Crippen molar-refractivity contribution in [2.24, 2.45) is 0 Å². The second-order valence-corrected chi connectivity index (χ2v) is 6.95. The molecule has 5 nitrogen and oxygen atoms in total. The number of nitrogens with zero attached hydrogens (tertiary/aromatic N) is 3. The van der Waals surface area contributed by atoms with Crippen molar-refractivity contribution in [1.29, 1.82) is 0 Å². The average molecular weight is 329 g/mol. The van der Waals surface area contributed by atoms with Gasteiger partial charge >= 0.3 is 0 Å². The first-order chi connectivity index (χ1) is 11.4. The van der Waals surface area contributed by atoms with Gasteiger partial charge in [-0.2, -0.15) is 5.10 Å². The quantitative estimate of drug-likeness (QED) is 0.886. The molecule has 1 amide bonds. The lowest BCUT2D eigenvalue weighted by Crippen LogP contribution is -2.34. The van der Waals surface area contributed by atoms with Gasteiger partial charge in [0.15, 0.2) is 0 Å². The SMILES string of the molecule is CCn1cc(CN(CCO)C(=O)c2ccccc2C(C)(C)C)cn1. The van der Waals surface area contributed by atoms with Gasteiger partial charge in [-0.05, 0) is 24.0 Å². The third-order valence-electron chi connectivity index (χ3n) is 4.01. The minimum atomic E-state index is -0.121. The molecule has 1 aromatic heterocycles. The Morgan fingerprint density at radius 3 is 2.58 bits per heavy atom. The largest absolute Gasteiger partial charge is 0.395 e. The van der Waals surface area contributed by atoms with Crippen LogP contribution in [-0.4, -0.2) is 38.8 Å². The van der Waals surface area contributed by atoms with Crippen LogP contribution in [0, 0.1) is 0 Å². The third-order valence-corrected chi connectivity index (χ3v) is 4.01. The summed E-state index contributed by atoms with van der Waals surface area (Å²) in [6.45, 7) is 9.79. The first-order valence-electron chi connectivity index (χ1n) is 8.37. The zero-order valence-corrected chi connectivity index (χ0v) is 15.0. The zero-order valence-electron chi connectivity index (χ0n) is 15.0. The number of benzene rings is 1. The molecular formula is C19H27N3O2. The van der Waals surface area contributed by atoms with Crippen LogP contribution in [0.2, 0.25) is 0 Å². The standard InChI is InChI=1S/C19H27N3O2/c1-5-22-14-15(12-20-22)13-21(10-11-23)18(24)16-8-6-7-9-17(16)19(2,3)4/h6-9,12,14,23H,5,10-11,13H2,1-4H3. The summed E-state index contributed by atoms with van der Waals surface area (Å²) in [4.78, 5) is 14.8. The number of hydrogen-bond acceptors (Lipinski definition) is 3. The van der Waals surface area contributed by atoms with Gasteiger partial charge in [-0.3, -0.25) is 9.48 Å². The van der Waals surface area contributed by atoms with Gasteiger partial charge in [0.1, 0.15) is 0 Å². The summed E-state index contributed by atoms with van der Waals surface area (Å²) in [5.41, 5.74) is 2.56. The number of amides is 1. The van der Waals surface area contributed by atoms with Gasteiger partial charge in [0.25, 0.3) is 5.91 Å². The molecule has 0 atom stereocenters. The Labute approximate surface area is 143 Å². The third kappa shape index (κ3) is 4.23. The molecule has 24 heavy (non-hydrogen) atoms. The summed E-state index contributed by atoms with van der Waals surface area (Å²) in [5.74, 6) is -0.0566. The van der Waals surface area contributed by atoms with E-state index in [0.29, 0.717) is 18.7 Å². The maximum Gasteiger partial charge on any atom is 0.254 e. The van der Waals surface area contributed by atoms with E-state index in [1.54, 1.807) is 11.1 Å². The average Bonchev–Trinajstić information content (AvgIpc) is 3.01. The molecule has 0 aliphatic rings. The molecule has 130 valence electrons. The molecular weight excluding hydrogens is 302 g/mol. The summed E-state index contributed by atoms with van der Waals surface area (Å²) >= 11 is 0. The lowest BCUT2D eigenvalue weighted by Gasteiger charge is -2.26. The molecule has 0 bridgehead atoms. The molecule has 0 saturated heterocycles. The van der Waals surface area contributed by atoms with Crippen LogP contribution in [0.1, 0.15) is 49.2 Å². The highest BCUT2D eigenvalue weighted by atomic mass is 16.3. The number of rotatable bonds is 6. The molecule has 0 aliphatic carbocycles. The van der Waals surface area contributed by atoms with Crippen LogP contribution in [0.4, 0.5) is 0 Å². The van der Waals surface area contributed by atoms with E-state index in [0.717, 1.165) is 17.7 Å². The first-order valence-corrected chi connectivity index (χ1v) is 8.37. The van der Waals surface area contributed by atoms with Crippen LogP contribution in [0.5, 0.6) is 0 Å². The van der Waals surface area contributed by atoms with Crippen LogP contribution in [0.15, 0.2) is 36.7 Å². The van der Waals surface area contributed by atoms with Gasteiger partial charge in [0, 0.05) is 37.0 Å². The molecule has 1 aromatic carbocycles. The predicted molar refractivity (Wildman–Crippen MR) is 94.9 cm³/mol. The maximum absolute atomic E-state index is 13.1. The van der Waals surface area contributed by atoms with E-state index >= 15 is 0 Å². The van der Waals surface area contributed by atoms with E-state index in [9.17, 15) is 9.90 Å². The number of aromatic nitrogens is 2. The van der Waals surface area contributed by atoms with E-state index in [4.69, 9.17) is 0 Å². The lowest BCUT2D eigenvalue weighted by atomic mass is 9.83. The van der Waals surface area contributed by atoms with Gasteiger partial charge in [-0.15, -0.1) is 0 Å². The maximum atomic E-state index is 13.1. The van der Waals surface area contributed by atoms with Crippen molar-refractivity contribution in [2.75, 3.05) is 13.2 Å². The number of aliphatic hydroxyl groups is 1. The molecule has 0 radical (unpaired) electrons. The second kappa shape index (κ2) is 7.62. The Kier molecular flexibility index (Phi) is 5.78. The summed E-state index contributed by atoms with van der Waals surface area (Å²) < 4.78 is 1.83. The predicted octanol–water partition coefficient (Wildman–Crippen LogP) is 2.84. The molecule has 2 aromatic rings. The smallest absolute Gasteiger partial charge is 0.254 e. The molecule has 1 N–H and O–H groups in total. The summed E-state index contributed by atoms with van der Waals surface area (Å²) in [7, 11) is 0. The lowest BCUT2D eigenvalue weighted by molar-refractivity contribution is 0.0705. The van der Waals surface area contributed by atoms with E-state index in [1.165, 1.54) is 0 Å². The van der Waals surface area contributed by atoms with Crippen molar-refractivity contribution in [2.45, 2.75) is 46.2 Å². The van der Waals surface area contributed by atoms with Gasteiger partial charge in [-0.25, -0.2) is 0 Å². The molecule has 1 heterocycles. The Balaban J connectivity index is 2.29. The highest BCUT2D eigenvalue weighted by Crippen LogP contribution is 2.27. The van der Waals surface area contributed by atoms with Gasteiger partial charge in [-0.1, -0.05) is 39.0 Å². The summed E-state index contributed by atoms with van der Waals surface area (Å²) in [5, 5.41) is 13.6. The van der Waals surface area contributed by atoms with Crippen molar-refractivity contribution >= 4 is 5.91 Å². The van der Waals surface area contributed by atoms with E-state index in [-0.39, 0.29) is 17.9 Å². The Bertz CT molecular complexity index is 686. The van der Waals surface area contributed by atoms with Crippen LogP contribution in [0.3, 0.4) is 0 Å². The highest BCUT2D eigenvalue weighted by Gasteiger charge is 2.24. The van der Waals surface area contributed by atoms with Crippen molar-refractivity contribution in [3.8, 4) is 0 Å². The Morgan fingerprint density at radius 1 is 1.29 bits per heavy atom. The fourth-order valence-corrected chi connectivity index (χ4v) is 2.75. The number of carbonyl (C=O) groups excluding carboxylic acids is 1. The summed E-state index contributed by atoms with van der Waals surface area (Å²) in [6.07, 6.45) is 3.71. The second-order valence-electron chi connectivity index (χ2n) is 6.95. The van der Waals surface area contributed by atoms with Gasteiger partial charge in [0.2, 0.25) is 0 Å². The van der Waals surface area contributed by atoms with Crippen LogP contribution < -0.4 is 0 Å². The van der Waals surface area contributed by atoms with Crippen LogP contribution in [0.25, 0.3) is 0 Å². The summed E-state index contributed by atoms with van der Waals surface area (Å²) in [6, 6.07) is 7.70. The highest BCUT2D eigenvalue weighted by molar-refractivity contribution is 5.96. The number of carbonyl (C=O) groups is 1. The minimum Gasteiger partial charge on any atom is -0.395 e. The van der Waals surface area contributed by atoms with E-state index in [2.05, 4.69) is 25.9 Å². The number of hydrogen-bond donors (Lipinski definition) is 1.